The molecule has 1 saturated heterocycles. The third-order valence-corrected chi connectivity index (χ3v) is 1.74. The van der Waals surface area contributed by atoms with E-state index in [2.05, 4.69) is 5.32 Å². The molecule has 0 radical (unpaired) electrons. The molecule has 1 N–H and O–H groups in total. The number of nitrogens with one attached hydrogen (secondary N) is 1. The van der Waals surface area contributed by atoms with Crippen LogP contribution in [0.15, 0.2) is 12.2 Å². The van der Waals surface area contributed by atoms with Gasteiger partial charge in [0, 0.05) is 6.54 Å². The lowest BCUT2D eigenvalue weighted by atomic mass is 10.3. The summed E-state index contributed by atoms with van der Waals surface area (Å²) in [5.41, 5.74) is 0. The van der Waals surface area contributed by atoms with E-state index in [4.69, 9.17) is 9.47 Å². The van der Waals surface area contributed by atoms with Gasteiger partial charge in [-0.05, 0) is 6.92 Å². The normalized spacial score (nSPS) is 23.3. The Morgan fingerprint density at radius 3 is 3.08 bits per heavy atom. The second kappa shape index (κ2) is 5.72. The molecule has 0 aromatic heterocycles. The average Bonchev–Trinajstić information content (AvgIpc) is 2.19. The number of rotatable bonds is 3. The molecule has 0 spiro atoms. The Hall–Kier alpha value is -0.870. The van der Waals surface area contributed by atoms with Gasteiger partial charge in [0.1, 0.15) is 0 Å². The average molecular weight is 185 g/mol. The van der Waals surface area contributed by atoms with Gasteiger partial charge in [0.05, 0.1) is 19.8 Å². The molecule has 13 heavy (non-hydrogen) atoms. The van der Waals surface area contributed by atoms with E-state index in [0.717, 1.165) is 0 Å². The van der Waals surface area contributed by atoms with Crippen LogP contribution in [-0.4, -0.2) is 38.4 Å². The molecule has 1 fully saturated rings. The van der Waals surface area contributed by atoms with Gasteiger partial charge in [-0.25, -0.2) is 0 Å². The first-order valence-corrected chi connectivity index (χ1v) is 4.43. The SMILES string of the molecule is C/C=C/CNC(=O)C1COCCO1. The Bertz CT molecular complexity index is 185. The Kier molecular flexibility index (Phi) is 4.49. The first-order chi connectivity index (χ1) is 6.34. The van der Waals surface area contributed by atoms with E-state index in [1.165, 1.54) is 0 Å². The van der Waals surface area contributed by atoms with Crippen molar-refractivity contribution in [2.75, 3.05) is 26.4 Å². The van der Waals surface area contributed by atoms with E-state index >= 15 is 0 Å². The molecule has 0 bridgehead atoms. The largest absolute Gasteiger partial charge is 0.376 e. The molecule has 0 aromatic rings. The minimum Gasteiger partial charge on any atom is -0.376 e. The molecule has 74 valence electrons. The Morgan fingerprint density at radius 1 is 1.62 bits per heavy atom. The summed E-state index contributed by atoms with van der Waals surface area (Å²) in [5.74, 6) is -0.0993. The van der Waals surface area contributed by atoms with Crippen LogP contribution in [-0.2, 0) is 14.3 Å². The fraction of sp³-hybridized carbons (Fsp3) is 0.667. The molecule has 0 aliphatic carbocycles. The van der Waals surface area contributed by atoms with Gasteiger partial charge < -0.3 is 14.8 Å². The lowest BCUT2D eigenvalue weighted by Gasteiger charge is -2.21. The van der Waals surface area contributed by atoms with Crippen molar-refractivity contribution in [3.63, 3.8) is 0 Å². The standard InChI is InChI=1S/C9H15NO3/c1-2-3-4-10-9(11)8-7-12-5-6-13-8/h2-3,8H,4-7H2,1H3,(H,10,11)/b3-2+. The number of ether oxygens (including phenoxy) is 2. The third-order valence-electron chi connectivity index (χ3n) is 1.74. The van der Waals surface area contributed by atoms with Gasteiger partial charge in [0.25, 0.3) is 5.91 Å². The first-order valence-electron chi connectivity index (χ1n) is 4.43. The van der Waals surface area contributed by atoms with Crippen LogP contribution in [0.3, 0.4) is 0 Å². The van der Waals surface area contributed by atoms with Crippen molar-refractivity contribution in [1.82, 2.24) is 5.32 Å². The Morgan fingerprint density at radius 2 is 2.46 bits per heavy atom. The van der Waals surface area contributed by atoms with Gasteiger partial charge in [0.2, 0.25) is 0 Å². The molecule has 4 heteroatoms. The van der Waals surface area contributed by atoms with Crippen LogP contribution in [0.25, 0.3) is 0 Å². The van der Waals surface area contributed by atoms with Gasteiger partial charge >= 0.3 is 0 Å². The predicted octanol–water partition coefficient (Wildman–Crippen LogP) is 0.0941. The van der Waals surface area contributed by atoms with Gasteiger partial charge in [0.15, 0.2) is 6.10 Å². The molecule has 1 rings (SSSR count). The summed E-state index contributed by atoms with van der Waals surface area (Å²) in [6.45, 7) is 3.91. The number of amides is 1. The Balaban J connectivity index is 2.21. The molecule has 1 amide bonds. The summed E-state index contributed by atoms with van der Waals surface area (Å²) in [5, 5.41) is 2.72. The van der Waals surface area contributed by atoms with Crippen LogP contribution < -0.4 is 5.32 Å². The number of carbonyl (C=O) groups excluding carboxylic acids is 1. The zero-order valence-corrected chi connectivity index (χ0v) is 7.79. The second-order valence-corrected chi connectivity index (χ2v) is 2.75. The summed E-state index contributed by atoms with van der Waals surface area (Å²) in [6, 6.07) is 0. The summed E-state index contributed by atoms with van der Waals surface area (Å²) >= 11 is 0. The molecule has 0 aromatic carbocycles. The lowest BCUT2D eigenvalue weighted by molar-refractivity contribution is -0.147. The number of carbonyl (C=O) groups is 1. The van der Waals surface area contributed by atoms with Crippen molar-refractivity contribution in [3.05, 3.63) is 12.2 Å². The topological polar surface area (TPSA) is 47.6 Å². The van der Waals surface area contributed by atoms with Crippen LogP contribution in [0.5, 0.6) is 0 Å². The van der Waals surface area contributed by atoms with E-state index in [9.17, 15) is 4.79 Å². The van der Waals surface area contributed by atoms with Gasteiger partial charge in [-0.15, -0.1) is 0 Å². The smallest absolute Gasteiger partial charge is 0.251 e. The van der Waals surface area contributed by atoms with E-state index in [-0.39, 0.29) is 5.91 Å². The number of allylic oxidation sites excluding steroid dienone is 1. The molecule has 1 aliphatic rings. The minimum atomic E-state index is -0.431. The maximum atomic E-state index is 11.3. The van der Waals surface area contributed by atoms with Gasteiger partial charge in [-0.3, -0.25) is 4.79 Å². The van der Waals surface area contributed by atoms with Crippen LogP contribution in [0.1, 0.15) is 6.92 Å². The zero-order chi connectivity index (χ0) is 9.52. The van der Waals surface area contributed by atoms with Crippen LogP contribution >= 0.6 is 0 Å². The quantitative estimate of drug-likeness (QED) is 0.634. The fourth-order valence-electron chi connectivity index (χ4n) is 1.03. The van der Waals surface area contributed by atoms with Crippen molar-refractivity contribution in [3.8, 4) is 0 Å². The molecule has 4 nitrogen and oxygen atoms in total. The summed E-state index contributed by atoms with van der Waals surface area (Å²) in [7, 11) is 0. The summed E-state index contributed by atoms with van der Waals surface area (Å²) < 4.78 is 10.3. The maximum absolute atomic E-state index is 11.3. The predicted molar refractivity (Wildman–Crippen MR) is 48.4 cm³/mol. The molecule has 1 heterocycles. The fourth-order valence-corrected chi connectivity index (χ4v) is 1.03. The van der Waals surface area contributed by atoms with Crippen LogP contribution in [0.2, 0.25) is 0 Å². The van der Waals surface area contributed by atoms with Crippen molar-refractivity contribution in [1.29, 1.82) is 0 Å². The molecular formula is C9H15NO3. The minimum absolute atomic E-state index is 0.0993. The molecule has 1 atom stereocenters. The highest BCUT2D eigenvalue weighted by Gasteiger charge is 2.21. The lowest BCUT2D eigenvalue weighted by Crippen LogP contribution is -2.42. The highest BCUT2D eigenvalue weighted by molar-refractivity contribution is 5.81. The van der Waals surface area contributed by atoms with Crippen molar-refractivity contribution in [2.24, 2.45) is 0 Å². The summed E-state index contributed by atoms with van der Waals surface area (Å²) in [6.07, 6.45) is 3.33. The van der Waals surface area contributed by atoms with E-state index in [0.29, 0.717) is 26.4 Å². The second-order valence-electron chi connectivity index (χ2n) is 2.75. The van der Waals surface area contributed by atoms with Gasteiger partial charge in [-0.2, -0.15) is 0 Å². The summed E-state index contributed by atoms with van der Waals surface area (Å²) in [4.78, 5) is 11.3. The van der Waals surface area contributed by atoms with Crippen molar-refractivity contribution < 1.29 is 14.3 Å². The number of hydrogen-bond acceptors (Lipinski definition) is 3. The highest BCUT2D eigenvalue weighted by Crippen LogP contribution is 1.99. The molecule has 0 saturated carbocycles. The van der Waals surface area contributed by atoms with E-state index < -0.39 is 6.10 Å². The van der Waals surface area contributed by atoms with Crippen molar-refractivity contribution >= 4 is 5.91 Å². The maximum Gasteiger partial charge on any atom is 0.251 e. The van der Waals surface area contributed by atoms with E-state index in [1.54, 1.807) is 0 Å². The zero-order valence-electron chi connectivity index (χ0n) is 7.79. The van der Waals surface area contributed by atoms with Crippen LogP contribution in [0.4, 0.5) is 0 Å². The highest BCUT2D eigenvalue weighted by atomic mass is 16.6. The molecular weight excluding hydrogens is 170 g/mol. The van der Waals surface area contributed by atoms with Crippen LogP contribution in [0, 0.1) is 0 Å². The monoisotopic (exact) mass is 185 g/mol. The van der Waals surface area contributed by atoms with Gasteiger partial charge in [-0.1, -0.05) is 12.2 Å². The van der Waals surface area contributed by atoms with E-state index in [1.807, 2.05) is 19.1 Å². The molecule has 1 aliphatic heterocycles. The first kappa shape index (κ1) is 10.2. The third kappa shape index (κ3) is 3.57. The Labute approximate surface area is 77.9 Å². The molecule has 1 unspecified atom stereocenters. The number of hydrogen-bond donors (Lipinski definition) is 1. The van der Waals surface area contributed by atoms with Crippen molar-refractivity contribution in [2.45, 2.75) is 13.0 Å².